The Labute approximate surface area is 138 Å². The van der Waals surface area contributed by atoms with E-state index in [1.54, 1.807) is 0 Å². The Morgan fingerprint density at radius 1 is 1.05 bits per heavy atom. The smallest absolute Gasteiger partial charge is 0.189 e. The van der Waals surface area contributed by atoms with Gasteiger partial charge in [0, 0.05) is 2.74 Å². The summed E-state index contributed by atoms with van der Waals surface area (Å²) in [6.07, 6.45) is -41.8. The van der Waals surface area contributed by atoms with Gasteiger partial charge in [-0.25, -0.2) is 0 Å². The quantitative estimate of drug-likeness (QED) is 0.313. The summed E-state index contributed by atoms with van der Waals surface area (Å²) >= 11 is 0. The fraction of sp³-hybridized carbons (Fsp3) is 1.00. The normalized spacial score (nSPS) is 95.9. The monoisotopic (exact) mass is 322 g/mol. The first-order valence-corrected chi connectivity index (χ1v) is 5.39. The molecule has 0 bridgehead atoms. The maximum Gasteiger partial charge on any atom is 0.189 e. The minimum atomic E-state index is -4.51. The second kappa shape index (κ2) is 6.82. The van der Waals surface area contributed by atoms with E-state index in [0.29, 0.717) is 6.92 Å². The summed E-state index contributed by atoms with van der Waals surface area (Å²) in [5, 5.41) is 60.9. The zero-order chi connectivity index (χ0) is 26.7. The molecule has 0 spiro atoms. The molecule has 2 aliphatic rings. The molecule has 0 aromatic carbocycles. The van der Waals surface area contributed by atoms with Gasteiger partial charge in [-0.3, -0.25) is 0 Å². The van der Waals surface area contributed by atoms with E-state index in [1.165, 1.54) is 0 Å². The van der Waals surface area contributed by atoms with Crippen LogP contribution in [0.2, 0.25) is 0 Å². The van der Waals surface area contributed by atoms with Crippen molar-refractivity contribution in [3.8, 4) is 0 Å². The maximum atomic E-state index is 10.4. The standard InChI is InChI=1S/C12H22O9/c1-2-5-7(15)8(16)10(18)12(20-5)21-11-9(17)6(14)4(13)3-19-11/h4-18H,2-3H2,1H3/t4-,5?,6+,7-,8?,9?,10?,11-,12-/m1/s1/i2D2,3D,4D,5D,6D,7D,8D,9D,10D,11D,12D/t3?,4-,5?,6+,7-,8?,9?,10?,11-,12-. The second-order valence-corrected chi connectivity index (χ2v) is 3.72. The molecule has 21 heavy (non-hydrogen) atoms. The minimum absolute atomic E-state index is 0.446. The molecule has 124 valence electrons. The highest BCUT2D eigenvalue weighted by Gasteiger charge is 2.47. The van der Waals surface area contributed by atoms with Gasteiger partial charge in [0.1, 0.15) is 36.5 Å². The van der Waals surface area contributed by atoms with Crippen LogP contribution >= 0.6 is 0 Å². The zero-order valence-electron chi connectivity index (χ0n) is 22.5. The predicted octanol–water partition coefficient (Wildman–Crippen LogP) is -3.34. The van der Waals surface area contributed by atoms with Crippen LogP contribution in [-0.2, 0) is 14.2 Å². The van der Waals surface area contributed by atoms with Crippen molar-refractivity contribution in [1.82, 2.24) is 0 Å². The second-order valence-electron chi connectivity index (χ2n) is 3.72. The van der Waals surface area contributed by atoms with Crippen molar-refractivity contribution in [2.75, 3.05) is 6.58 Å². The van der Waals surface area contributed by atoms with Crippen molar-refractivity contribution in [2.24, 2.45) is 0 Å². The highest BCUT2D eigenvalue weighted by molar-refractivity contribution is 4.90. The Balaban J connectivity index is 2.75. The van der Waals surface area contributed by atoms with Crippen molar-refractivity contribution in [1.29, 1.82) is 0 Å². The van der Waals surface area contributed by atoms with E-state index in [-0.39, 0.29) is 0 Å². The van der Waals surface area contributed by atoms with Gasteiger partial charge in [-0.2, -0.15) is 0 Å². The molecule has 0 radical (unpaired) electrons. The molecule has 2 saturated heterocycles. The van der Waals surface area contributed by atoms with Crippen LogP contribution in [0.15, 0.2) is 0 Å². The van der Waals surface area contributed by atoms with Gasteiger partial charge in [0.05, 0.1) is 26.4 Å². The fourth-order valence-corrected chi connectivity index (χ4v) is 1.34. The third-order valence-electron chi connectivity index (χ3n) is 2.40. The Morgan fingerprint density at radius 3 is 2.29 bits per heavy atom. The average Bonchev–Trinajstić information content (AvgIpc) is 2.57. The Hall–Kier alpha value is -0.360. The van der Waals surface area contributed by atoms with Crippen LogP contribution in [0.25, 0.3) is 0 Å². The summed E-state index contributed by atoms with van der Waals surface area (Å²) in [6.45, 7) is -2.49. The van der Waals surface area contributed by atoms with Crippen molar-refractivity contribution in [3.63, 3.8) is 0 Å². The van der Waals surface area contributed by atoms with Crippen LogP contribution < -0.4 is 0 Å². The van der Waals surface area contributed by atoms with E-state index >= 15 is 0 Å². The van der Waals surface area contributed by atoms with Crippen LogP contribution in [0.3, 0.4) is 0 Å². The van der Waals surface area contributed by atoms with Crippen LogP contribution in [0, 0.1) is 0 Å². The van der Waals surface area contributed by atoms with Crippen LogP contribution in [0.4, 0.5) is 0 Å². The first kappa shape index (κ1) is 7.04. The molecule has 0 aromatic rings. The largest absolute Gasteiger partial charge is 0.388 e. The van der Waals surface area contributed by atoms with Gasteiger partial charge in [0.15, 0.2) is 12.5 Å². The molecule has 0 aliphatic carbocycles. The van der Waals surface area contributed by atoms with E-state index in [9.17, 15) is 30.6 Å². The van der Waals surface area contributed by atoms with Gasteiger partial charge < -0.3 is 44.8 Å². The lowest BCUT2D eigenvalue weighted by molar-refractivity contribution is -0.363. The van der Waals surface area contributed by atoms with E-state index < -0.39 is 68.0 Å². The van der Waals surface area contributed by atoms with Gasteiger partial charge in [-0.05, 0) is 6.37 Å². The molecule has 2 heterocycles. The third kappa shape index (κ3) is 3.36. The van der Waals surface area contributed by atoms with Crippen molar-refractivity contribution >= 4 is 0 Å². The van der Waals surface area contributed by atoms with E-state index in [0.717, 1.165) is 0 Å². The molecule has 10 atom stereocenters. The van der Waals surface area contributed by atoms with Gasteiger partial charge in [0.2, 0.25) is 0 Å². The highest BCUT2D eigenvalue weighted by atomic mass is 16.8. The topological polar surface area (TPSA) is 149 Å². The molecule has 2 aliphatic heterocycles. The van der Waals surface area contributed by atoms with Crippen molar-refractivity contribution in [3.05, 3.63) is 0 Å². The SMILES string of the molecule is [2H]C1O[C@]([2H])(O[C@@]2([2H])OC([2H])(C([2H])([2H])C)[C@@]([2H])(O)C([2H])(O)C2([2H])O)C([2H])(O)[C@@]([2H])(O)[C@]1([2H])O. The molecular formula is C12H22O9. The molecule has 9 nitrogen and oxygen atoms in total. The Morgan fingerprint density at radius 2 is 1.67 bits per heavy atom. The molecule has 2 rings (SSSR count). The molecule has 0 aromatic heterocycles. The number of hydrogen-bond donors (Lipinski definition) is 6. The summed E-state index contributed by atoms with van der Waals surface area (Å²) in [5.74, 6) is 0. The van der Waals surface area contributed by atoms with E-state index in [1.807, 2.05) is 0 Å². The molecule has 6 N–H and O–H groups in total. The lowest BCUT2D eigenvalue weighted by Crippen LogP contribution is -2.61. The van der Waals surface area contributed by atoms with Gasteiger partial charge in [0.25, 0.3) is 0 Å². The highest BCUT2D eigenvalue weighted by Crippen LogP contribution is 2.27. The number of ether oxygens (including phenoxy) is 3. The Kier molecular flexibility index (Phi) is 2.28. The zero-order valence-corrected chi connectivity index (χ0v) is 10.5. The Bertz CT molecular complexity index is 816. The third-order valence-corrected chi connectivity index (χ3v) is 2.40. The molecule has 2 fully saturated rings. The van der Waals surface area contributed by atoms with Gasteiger partial charge >= 0.3 is 0 Å². The first-order chi connectivity index (χ1) is 14.0. The predicted molar refractivity (Wildman–Crippen MR) is 65.8 cm³/mol. The number of aliphatic hydroxyl groups is 6. The lowest BCUT2D eigenvalue weighted by Gasteiger charge is -2.43. The van der Waals surface area contributed by atoms with Crippen LogP contribution in [-0.4, -0.2) is 92.3 Å². The first-order valence-electron chi connectivity index (χ1n) is 11.5. The molecule has 5 unspecified atom stereocenters. The molecular weight excluding hydrogens is 288 g/mol. The van der Waals surface area contributed by atoms with Crippen molar-refractivity contribution in [2.45, 2.75) is 68.4 Å². The molecule has 0 saturated carbocycles. The van der Waals surface area contributed by atoms with Crippen LogP contribution in [0.5, 0.6) is 0 Å². The number of rotatable bonds is 3. The summed E-state index contributed by atoms with van der Waals surface area (Å²) < 4.78 is 106. The summed E-state index contributed by atoms with van der Waals surface area (Å²) in [4.78, 5) is 0. The lowest BCUT2D eigenvalue weighted by atomic mass is 9.97. The summed E-state index contributed by atoms with van der Waals surface area (Å²) in [6, 6.07) is 0. The maximum absolute atomic E-state index is 10.4. The summed E-state index contributed by atoms with van der Waals surface area (Å²) in [5.41, 5.74) is 0. The van der Waals surface area contributed by atoms with Crippen LogP contribution in [0.1, 0.15) is 29.7 Å². The van der Waals surface area contributed by atoms with Crippen molar-refractivity contribution < 1.29 is 61.3 Å². The van der Waals surface area contributed by atoms with Gasteiger partial charge in [-0.15, -0.1) is 0 Å². The average molecular weight is 322 g/mol. The van der Waals surface area contributed by atoms with E-state index in [4.69, 9.17) is 16.4 Å². The summed E-state index contributed by atoms with van der Waals surface area (Å²) in [7, 11) is 0. The van der Waals surface area contributed by atoms with Gasteiger partial charge in [-0.1, -0.05) is 6.92 Å². The molecule has 9 heteroatoms. The molecule has 0 amide bonds. The number of hydrogen-bond acceptors (Lipinski definition) is 9. The minimum Gasteiger partial charge on any atom is -0.388 e. The van der Waals surface area contributed by atoms with E-state index in [2.05, 4.69) is 14.2 Å². The fourth-order valence-electron chi connectivity index (χ4n) is 1.34.